The van der Waals surface area contributed by atoms with Crippen LogP contribution in [0.15, 0.2) is 15.0 Å². The van der Waals surface area contributed by atoms with Crippen LogP contribution in [0, 0.1) is 6.92 Å². The summed E-state index contributed by atoms with van der Waals surface area (Å²) in [7, 11) is 1.65. The molecular formula is C9H10BrN3O2S. The van der Waals surface area contributed by atoms with Crippen molar-refractivity contribution >= 4 is 33.3 Å². The van der Waals surface area contributed by atoms with Crippen molar-refractivity contribution in [2.75, 3.05) is 12.4 Å². The Balaban J connectivity index is 1.99. The summed E-state index contributed by atoms with van der Waals surface area (Å²) in [5.74, 6) is 0.549. The maximum atomic E-state index is 5.20. The van der Waals surface area contributed by atoms with Gasteiger partial charge in [0.2, 0.25) is 5.89 Å². The maximum absolute atomic E-state index is 5.20. The molecule has 0 radical (unpaired) electrons. The predicted molar refractivity (Wildman–Crippen MR) is 64.9 cm³/mol. The lowest BCUT2D eigenvalue weighted by Gasteiger charge is -1.96. The molecule has 16 heavy (non-hydrogen) atoms. The largest absolute Gasteiger partial charge is 0.486 e. The number of rotatable bonds is 4. The molecule has 0 saturated carbocycles. The van der Waals surface area contributed by atoms with Crippen LogP contribution in [0.4, 0.5) is 6.01 Å². The molecule has 5 nitrogen and oxygen atoms in total. The first-order valence-electron chi connectivity index (χ1n) is 4.55. The Hall–Kier alpha value is -1.08. The van der Waals surface area contributed by atoms with E-state index < -0.39 is 0 Å². The van der Waals surface area contributed by atoms with Gasteiger partial charge < -0.3 is 14.5 Å². The van der Waals surface area contributed by atoms with E-state index in [-0.39, 0.29) is 0 Å². The summed E-state index contributed by atoms with van der Waals surface area (Å²) < 4.78 is 11.3. The highest BCUT2D eigenvalue weighted by Crippen LogP contribution is 2.34. The summed E-state index contributed by atoms with van der Waals surface area (Å²) in [4.78, 5) is 1.12. The average molecular weight is 304 g/mol. The third kappa shape index (κ3) is 2.53. The van der Waals surface area contributed by atoms with Gasteiger partial charge >= 0.3 is 6.01 Å². The lowest BCUT2D eigenvalue weighted by Crippen LogP contribution is -1.97. The summed E-state index contributed by atoms with van der Waals surface area (Å²) in [6.07, 6.45) is 0. The number of aromatic nitrogens is 2. The number of halogens is 1. The van der Waals surface area contributed by atoms with Crippen molar-refractivity contribution in [3.63, 3.8) is 0 Å². The lowest BCUT2D eigenvalue weighted by atomic mass is 10.4. The van der Waals surface area contributed by atoms with E-state index >= 15 is 0 Å². The monoisotopic (exact) mass is 303 g/mol. The first-order chi connectivity index (χ1) is 7.69. The molecule has 0 fully saturated rings. The standard InChI is InChI=1S/C9H10BrN3O2S/c1-5-12-13-9(15-5)11-4-6-3-7(10)8(14-2)16-6/h3H,4H2,1-2H3,(H,11,13). The second kappa shape index (κ2) is 4.84. The molecule has 0 unspecified atom stereocenters. The Kier molecular flexibility index (Phi) is 3.45. The van der Waals surface area contributed by atoms with E-state index in [2.05, 4.69) is 31.4 Å². The summed E-state index contributed by atoms with van der Waals surface area (Å²) in [5, 5.41) is 11.5. The number of nitrogens with one attached hydrogen (secondary N) is 1. The molecule has 0 spiro atoms. The molecule has 2 rings (SSSR count). The molecule has 0 aliphatic carbocycles. The summed E-state index contributed by atoms with van der Waals surface area (Å²) in [6, 6.07) is 2.43. The highest BCUT2D eigenvalue weighted by atomic mass is 79.9. The van der Waals surface area contributed by atoms with Gasteiger partial charge in [-0.05, 0) is 22.0 Å². The third-order valence-electron chi connectivity index (χ3n) is 1.83. The van der Waals surface area contributed by atoms with Crippen molar-refractivity contribution in [3.05, 3.63) is 21.3 Å². The number of nitrogens with zero attached hydrogens (tertiary/aromatic N) is 2. The molecule has 2 heterocycles. The predicted octanol–water partition coefficient (Wildman–Crippen LogP) is 2.82. The Morgan fingerprint density at radius 2 is 2.38 bits per heavy atom. The van der Waals surface area contributed by atoms with Crippen LogP contribution in [-0.2, 0) is 6.54 Å². The topological polar surface area (TPSA) is 60.2 Å². The molecule has 0 aliphatic heterocycles. The van der Waals surface area contributed by atoms with E-state index in [1.165, 1.54) is 0 Å². The quantitative estimate of drug-likeness (QED) is 0.941. The van der Waals surface area contributed by atoms with E-state index in [0.717, 1.165) is 14.4 Å². The molecule has 0 saturated heterocycles. The summed E-state index contributed by atoms with van der Waals surface area (Å²) in [5.41, 5.74) is 0. The molecular weight excluding hydrogens is 294 g/mol. The minimum Gasteiger partial charge on any atom is -0.486 e. The molecule has 0 atom stereocenters. The Morgan fingerprint density at radius 1 is 1.56 bits per heavy atom. The van der Waals surface area contributed by atoms with Gasteiger partial charge in [-0.3, -0.25) is 0 Å². The van der Waals surface area contributed by atoms with Crippen LogP contribution >= 0.6 is 27.3 Å². The fraction of sp³-hybridized carbons (Fsp3) is 0.333. The normalized spacial score (nSPS) is 10.4. The van der Waals surface area contributed by atoms with Crippen LogP contribution in [0.25, 0.3) is 0 Å². The molecule has 0 aliphatic rings. The fourth-order valence-corrected chi connectivity index (χ4v) is 2.79. The molecule has 1 N–H and O–H groups in total. The lowest BCUT2D eigenvalue weighted by molar-refractivity contribution is 0.425. The number of thiophene rings is 1. The molecule has 2 aromatic heterocycles. The number of hydrogen-bond acceptors (Lipinski definition) is 6. The van der Waals surface area contributed by atoms with Gasteiger partial charge in [-0.15, -0.1) is 16.4 Å². The van der Waals surface area contributed by atoms with Crippen molar-refractivity contribution in [2.24, 2.45) is 0 Å². The number of aryl methyl sites for hydroxylation is 1. The van der Waals surface area contributed by atoms with Gasteiger partial charge in [0.05, 0.1) is 18.1 Å². The minimum atomic E-state index is 0.431. The van der Waals surface area contributed by atoms with Gasteiger partial charge in [0, 0.05) is 11.8 Å². The highest BCUT2D eigenvalue weighted by Gasteiger charge is 2.08. The van der Waals surface area contributed by atoms with Gasteiger partial charge in [0.25, 0.3) is 0 Å². The average Bonchev–Trinajstić information content (AvgIpc) is 2.82. The molecule has 0 amide bonds. The van der Waals surface area contributed by atoms with E-state index in [1.807, 2.05) is 6.07 Å². The van der Waals surface area contributed by atoms with Crippen LogP contribution < -0.4 is 10.1 Å². The number of ether oxygens (including phenoxy) is 1. The molecule has 7 heteroatoms. The SMILES string of the molecule is COc1sc(CNc2nnc(C)o2)cc1Br. The van der Waals surface area contributed by atoms with Crippen molar-refractivity contribution < 1.29 is 9.15 Å². The number of hydrogen-bond donors (Lipinski definition) is 1. The zero-order valence-electron chi connectivity index (χ0n) is 8.78. The van der Waals surface area contributed by atoms with Crippen LogP contribution in [0.5, 0.6) is 5.06 Å². The van der Waals surface area contributed by atoms with Gasteiger partial charge in [0.15, 0.2) is 5.06 Å². The van der Waals surface area contributed by atoms with Crippen LogP contribution in [-0.4, -0.2) is 17.3 Å². The highest BCUT2D eigenvalue weighted by molar-refractivity contribution is 9.10. The van der Waals surface area contributed by atoms with Crippen molar-refractivity contribution in [2.45, 2.75) is 13.5 Å². The first-order valence-corrected chi connectivity index (χ1v) is 6.16. The third-order valence-corrected chi connectivity index (χ3v) is 3.78. The Labute approximate surface area is 105 Å². The summed E-state index contributed by atoms with van der Waals surface area (Å²) >= 11 is 4.98. The smallest absolute Gasteiger partial charge is 0.315 e. The van der Waals surface area contributed by atoms with Crippen molar-refractivity contribution in [1.82, 2.24) is 10.2 Å². The van der Waals surface area contributed by atoms with E-state index in [1.54, 1.807) is 25.4 Å². The zero-order chi connectivity index (χ0) is 11.5. The van der Waals surface area contributed by atoms with Crippen LogP contribution in [0.2, 0.25) is 0 Å². The summed E-state index contributed by atoms with van der Waals surface area (Å²) in [6.45, 7) is 2.39. The van der Waals surface area contributed by atoms with Crippen molar-refractivity contribution in [3.8, 4) is 5.06 Å². The van der Waals surface area contributed by atoms with Crippen LogP contribution in [0.1, 0.15) is 10.8 Å². The minimum absolute atomic E-state index is 0.431. The van der Waals surface area contributed by atoms with E-state index in [0.29, 0.717) is 18.5 Å². The second-order valence-corrected chi connectivity index (χ2v) is 4.99. The van der Waals surface area contributed by atoms with Gasteiger partial charge in [0.1, 0.15) is 0 Å². The molecule has 2 aromatic rings. The molecule has 0 aromatic carbocycles. The van der Waals surface area contributed by atoms with E-state index in [9.17, 15) is 0 Å². The second-order valence-electron chi connectivity index (χ2n) is 3.03. The van der Waals surface area contributed by atoms with Gasteiger partial charge in [-0.25, -0.2) is 0 Å². The molecule has 86 valence electrons. The first kappa shape index (κ1) is 11.4. The zero-order valence-corrected chi connectivity index (χ0v) is 11.2. The van der Waals surface area contributed by atoms with Gasteiger partial charge in [-0.2, -0.15) is 0 Å². The number of methoxy groups -OCH3 is 1. The number of anilines is 1. The van der Waals surface area contributed by atoms with Crippen LogP contribution in [0.3, 0.4) is 0 Å². The Morgan fingerprint density at radius 3 is 2.94 bits per heavy atom. The van der Waals surface area contributed by atoms with Crippen molar-refractivity contribution in [1.29, 1.82) is 0 Å². The maximum Gasteiger partial charge on any atom is 0.315 e. The van der Waals surface area contributed by atoms with Gasteiger partial charge in [-0.1, -0.05) is 5.10 Å². The Bertz CT molecular complexity index is 483. The fourth-order valence-electron chi connectivity index (χ4n) is 1.15. The molecule has 0 bridgehead atoms. The van der Waals surface area contributed by atoms with E-state index in [4.69, 9.17) is 9.15 Å².